The summed E-state index contributed by atoms with van der Waals surface area (Å²) in [4.78, 5) is 23.9. The Labute approximate surface area is 138 Å². The number of rotatable bonds is 8. The van der Waals surface area contributed by atoms with Crippen LogP contribution in [-0.4, -0.2) is 30.1 Å². The number of carboxylic acids is 1. The monoisotopic (exact) mass is 321 g/mol. The van der Waals surface area contributed by atoms with Crippen LogP contribution in [0.15, 0.2) is 24.3 Å². The van der Waals surface area contributed by atoms with E-state index in [4.69, 9.17) is 4.74 Å². The van der Waals surface area contributed by atoms with Crippen molar-refractivity contribution >= 4 is 11.9 Å². The van der Waals surface area contributed by atoms with Crippen LogP contribution >= 0.6 is 0 Å². The van der Waals surface area contributed by atoms with Crippen LogP contribution in [0.3, 0.4) is 0 Å². The van der Waals surface area contributed by atoms with Crippen molar-refractivity contribution in [1.82, 2.24) is 5.32 Å². The van der Waals surface area contributed by atoms with E-state index in [2.05, 4.69) is 5.32 Å². The van der Waals surface area contributed by atoms with Crippen LogP contribution in [0.2, 0.25) is 0 Å². The van der Waals surface area contributed by atoms with Gasteiger partial charge in [-0.25, -0.2) is 4.79 Å². The number of carboxylic acid groups (broad SMARTS) is 1. The van der Waals surface area contributed by atoms with E-state index in [1.807, 2.05) is 52.0 Å². The lowest BCUT2D eigenvalue weighted by molar-refractivity contribution is -0.144. The topological polar surface area (TPSA) is 75.6 Å². The van der Waals surface area contributed by atoms with Crippen molar-refractivity contribution < 1.29 is 19.4 Å². The van der Waals surface area contributed by atoms with E-state index in [0.29, 0.717) is 12.8 Å². The second-order valence-corrected chi connectivity index (χ2v) is 6.87. The molecule has 0 fully saturated rings. The van der Waals surface area contributed by atoms with Crippen LogP contribution in [0.25, 0.3) is 0 Å². The number of carbonyl (C=O) groups is 2. The van der Waals surface area contributed by atoms with Gasteiger partial charge in [0.2, 0.25) is 5.91 Å². The highest BCUT2D eigenvalue weighted by molar-refractivity contribution is 5.87. The van der Waals surface area contributed by atoms with Gasteiger partial charge in [0.25, 0.3) is 0 Å². The first-order chi connectivity index (χ1) is 10.7. The number of benzene rings is 1. The van der Waals surface area contributed by atoms with Crippen molar-refractivity contribution in [2.45, 2.75) is 46.6 Å². The van der Waals surface area contributed by atoms with Gasteiger partial charge in [0.1, 0.15) is 11.8 Å². The zero-order chi connectivity index (χ0) is 17.6. The lowest BCUT2D eigenvalue weighted by Crippen LogP contribution is -2.47. The van der Waals surface area contributed by atoms with Gasteiger partial charge in [-0.15, -0.1) is 0 Å². The summed E-state index contributed by atoms with van der Waals surface area (Å²) in [6.45, 7) is 7.48. The maximum atomic E-state index is 12.5. The molecule has 0 saturated heterocycles. The number of carbonyl (C=O) groups excluding carboxylic acids is 1. The molecule has 1 atom stereocenters. The van der Waals surface area contributed by atoms with Gasteiger partial charge >= 0.3 is 5.97 Å². The van der Waals surface area contributed by atoms with Gasteiger partial charge in [-0.05, 0) is 30.4 Å². The van der Waals surface area contributed by atoms with Gasteiger partial charge in [0, 0.05) is 5.41 Å². The van der Waals surface area contributed by atoms with E-state index in [1.165, 1.54) is 0 Å². The minimum atomic E-state index is -1.000. The molecule has 0 aliphatic carbocycles. The molecular formula is C18H27NO4. The zero-order valence-corrected chi connectivity index (χ0v) is 14.6. The number of hydrogen-bond acceptors (Lipinski definition) is 3. The molecule has 0 aliphatic heterocycles. The third-order valence-electron chi connectivity index (χ3n) is 3.75. The highest BCUT2D eigenvalue weighted by Crippen LogP contribution is 2.28. The fourth-order valence-electron chi connectivity index (χ4n) is 2.45. The number of hydrogen-bond donors (Lipinski definition) is 2. The van der Waals surface area contributed by atoms with Gasteiger partial charge in [-0.2, -0.15) is 0 Å². The Morgan fingerprint density at radius 2 is 1.87 bits per heavy atom. The summed E-state index contributed by atoms with van der Waals surface area (Å²) in [6.07, 6.45) is 0.878. The third-order valence-corrected chi connectivity index (χ3v) is 3.75. The SMILES string of the molecule is COc1ccccc1CC(C)(C)C(=O)N[C@H](CC(C)C)C(=O)O. The van der Waals surface area contributed by atoms with Gasteiger partial charge < -0.3 is 15.2 Å². The molecule has 1 rings (SSSR count). The van der Waals surface area contributed by atoms with Crippen molar-refractivity contribution in [3.8, 4) is 5.75 Å². The minimum absolute atomic E-state index is 0.189. The Kier molecular flexibility index (Phi) is 6.61. The second-order valence-electron chi connectivity index (χ2n) is 6.87. The van der Waals surface area contributed by atoms with Crippen LogP contribution in [0.4, 0.5) is 0 Å². The summed E-state index contributed by atoms with van der Waals surface area (Å²) in [5, 5.41) is 11.9. The molecule has 0 unspecified atom stereocenters. The molecule has 0 bridgehead atoms. The highest BCUT2D eigenvalue weighted by atomic mass is 16.5. The van der Waals surface area contributed by atoms with Crippen molar-refractivity contribution in [3.05, 3.63) is 29.8 Å². The Hall–Kier alpha value is -2.04. The molecule has 0 aliphatic rings. The first-order valence-corrected chi connectivity index (χ1v) is 7.83. The van der Waals surface area contributed by atoms with E-state index < -0.39 is 17.4 Å². The van der Waals surface area contributed by atoms with Crippen LogP contribution in [0, 0.1) is 11.3 Å². The van der Waals surface area contributed by atoms with Crippen LogP contribution < -0.4 is 10.1 Å². The van der Waals surface area contributed by atoms with Crippen LogP contribution in [0.1, 0.15) is 39.7 Å². The number of para-hydroxylation sites is 1. The highest BCUT2D eigenvalue weighted by Gasteiger charge is 2.32. The van der Waals surface area contributed by atoms with E-state index in [0.717, 1.165) is 11.3 Å². The predicted octanol–water partition coefficient (Wildman–Crippen LogP) is 2.88. The predicted molar refractivity (Wildman–Crippen MR) is 89.5 cm³/mol. The lowest BCUT2D eigenvalue weighted by atomic mass is 9.84. The largest absolute Gasteiger partial charge is 0.496 e. The molecule has 1 amide bonds. The molecule has 1 aromatic rings. The quantitative estimate of drug-likeness (QED) is 0.772. The fourth-order valence-corrected chi connectivity index (χ4v) is 2.45. The Morgan fingerprint density at radius 1 is 1.26 bits per heavy atom. The van der Waals surface area contributed by atoms with Gasteiger partial charge in [-0.1, -0.05) is 45.9 Å². The Bertz CT molecular complexity index is 552. The molecule has 0 heterocycles. The van der Waals surface area contributed by atoms with E-state index in [9.17, 15) is 14.7 Å². The average Bonchev–Trinajstić information content (AvgIpc) is 2.46. The molecule has 0 aromatic heterocycles. The summed E-state index contributed by atoms with van der Waals surface area (Å²) in [7, 11) is 1.59. The standard InChI is InChI=1S/C18H27NO4/c1-12(2)10-14(16(20)21)19-17(22)18(3,4)11-13-8-6-7-9-15(13)23-5/h6-9,12,14H,10-11H2,1-5H3,(H,19,22)(H,20,21)/t14-/m1/s1. The van der Waals surface area contributed by atoms with E-state index in [-0.39, 0.29) is 11.8 Å². The maximum Gasteiger partial charge on any atom is 0.326 e. The number of methoxy groups -OCH3 is 1. The minimum Gasteiger partial charge on any atom is -0.496 e. The van der Waals surface area contributed by atoms with Crippen molar-refractivity contribution in [3.63, 3.8) is 0 Å². The van der Waals surface area contributed by atoms with Crippen molar-refractivity contribution in [1.29, 1.82) is 0 Å². The number of amides is 1. The number of nitrogens with one attached hydrogen (secondary N) is 1. The van der Waals surface area contributed by atoms with Gasteiger partial charge in [0.05, 0.1) is 7.11 Å². The average molecular weight is 321 g/mol. The second kappa shape index (κ2) is 7.99. The third kappa shape index (κ3) is 5.58. The lowest BCUT2D eigenvalue weighted by Gasteiger charge is -2.27. The molecule has 1 aromatic carbocycles. The van der Waals surface area contributed by atoms with Crippen LogP contribution in [-0.2, 0) is 16.0 Å². The molecule has 23 heavy (non-hydrogen) atoms. The molecule has 5 nitrogen and oxygen atoms in total. The maximum absolute atomic E-state index is 12.5. The fraction of sp³-hybridized carbons (Fsp3) is 0.556. The van der Waals surface area contributed by atoms with Crippen molar-refractivity contribution in [2.75, 3.05) is 7.11 Å². The Balaban J connectivity index is 2.85. The molecule has 0 saturated carbocycles. The molecule has 0 spiro atoms. The smallest absolute Gasteiger partial charge is 0.326 e. The molecule has 128 valence electrons. The molecular weight excluding hydrogens is 294 g/mol. The zero-order valence-electron chi connectivity index (χ0n) is 14.6. The van der Waals surface area contributed by atoms with Gasteiger partial charge in [0.15, 0.2) is 0 Å². The first kappa shape index (κ1) is 19.0. The van der Waals surface area contributed by atoms with E-state index in [1.54, 1.807) is 7.11 Å². The normalized spacial score (nSPS) is 12.8. The van der Waals surface area contributed by atoms with Gasteiger partial charge in [-0.3, -0.25) is 4.79 Å². The van der Waals surface area contributed by atoms with E-state index >= 15 is 0 Å². The first-order valence-electron chi connectivity index (χ1n) is 7.83. The summed E-state index contributed by atoms with van der Waals surface area (Å²) in [6, 6.07) is 6.67. The summed E-state index contributed by atoms with van der Waals surface area (Å²) >= 11 is 0. The summed E-state index contributed by atoms with van der Waals surface area (Å²) in [5.74, 6) is -0.351. The number of aliphatic carboxylic acids is 1. The van der Waals surface area contributed by atoms with Crippen molar-refractivity contribution in [2.24, 2.45) is 11.3 Å². The molecule has 0 radical (unpaired) electrons. The Morgan fingerprint density at radius 3 is 2.39 bits per heavy atom. The number of ether oxygens (including phenoxy) is 1. The summed E-state index contributed by atoms with van der Waals surface area (Å²) < 4.78 is 5.32. The molecule has 5 heteroatoms. The van der Waals surface area contributed by atoms with Crippen LogP contribution in [0.5, 0.6) is 5.75 Å². The summed E-state index contributed by atoms with van der Waals surface area (Å²) in [5.41, 5.74) is 0.185. The molecule has 2 N–H and O–H groups in total.